The molecule has 2 N–H and O–H groups in total. The predicted octanol–water partition coefficient (Wildman–Crippen LogP) is 1.76. The first kappa shape index (κ1) is 11.9. The number of hydrogen-bond donors (Lipinski definition) is 1. The van der Waals surface area contributed by atoms with E-state index in [1.807, 2.05) is 0 Å². The van der Waals surface area contributed by atoms with Crippen LogP contribution in [-0.4, -0.2) is 29.9 Å². The molecule has 1 aliphatic carbocycles. The van der Waals surface area contributed by atoms with Gasteiger partial charge in [-0.2, -0.15) is 0 Å². The second kappa shape index (κ2) is 4.36. The molecule has 16 heavy (non-hydrogen) atoms. The Morgan fingerprint density at radius 3 is 2.88 bits per heavy atom. The first-order chi connectivity index (χ1) is 7.59. The van der Waals surface area contributed by atoms with Crippen LogP contribution in [0.25, 0.3) is 0 Å². The number of nitrogens with two attached hydrogens (primary N) is 1. The number of fused-ring (bicyclic) bond motifs is 1. The van der Waals surface area contributed by atoms with Gasteiger partial charge in [-0.15, -0.1) is 0 Å². The summed E-state index contributed by atoms with van der Waals surface area (Å²) in [6.45, 7) is 5.91. The zero-order valence-corrected chi connectivity index (χ0v) is 10.5. The Balaban J connectivity index is 2.06. The standard InChI is InChI=1S/C13H24N2O/c1-10(2)8-12(16)15-7-6-13(9-14)5-3-4-11(13)15/h10-11H,3-9,14H2,1-2H3/t11-,13-/m0/s1. The number of carbonyl (C=O) groups excluding carboxylic acids is 1. The lowest BCUT2D eigenvalue weighted by Crippen LogP contribution is -2.43. The SMILES string of the molecule is CC(C)CC(=O)N1CC[C@]2(CN)CCC[C@H]12. The summed E-state index contributed by atoms with van der Waals surface area (Å²) in [5.74, 6) is 0.805. The molecule has 0 aromatic rings. The molecule has 1 aliphatic heterocycles. The Hall–Kier alpha value is -0.570. The summed E-state index contributed by atoms with van der Waals surface area (Å²) in [5.41, 5.74) is 6.21. The summed E-state index contributed by atoms with van der Waals surface area (Å²) in [5, 5.41) is 0. The fourth-order valence-corrected chi connectivity index (χ4v) is 3.50. The number of rotatable bonds is 3. The van der Waals surface area contributed by atoms with Gasteiger partial charge in [0.25, 0.3) is 0 Å². The summed E-state index contributed by atoms with van der Waals surface area (Å²) in [7, 11) is 0. The van der Waals surface area contributed by atoms with Gasteiger partial charge in [0.05, 0.1) is 0 Å². The molecule has 1 saturated heterocycles. The molecule has 0 unspecified atom stereocenters. The molecule has 2 fully saturated rings. The number of carbonyl (C=O) groups is 1. The number of likely N-dealkylation sites (tertiary alicyclic amines) is 1. The van der Waals surface area contributed by atoms with E-state index in [9.17, 15) is 4.79 Å². The molecular weight excluding hydrogens is 200 g/mol. The molecule has 3 nitrogen and oxygen atoms in total. The zero-order chi connectivity index (χ0) is 11.8. The van der Waals surface area contributed by atoms with Crippen LogP contribution in [0.5, 0.6) is 0 Å². The number of hydrogen-bond acceptors (Lipinski definition) is 2. The van der Waals surface area contributed by atoms with Crippen molar-refractivity contribution in [3.05, 3.63) is 0 Å². The van der Waals surface area contributed by atoms with Crippen molar-refractivity contribution >= 4 is 5.91 Å². The van der Waals surface area contributed by atoms with Crippen LogP contribution >= 0.6 is 0 Å². The molecular formula is C13H24N2O. The minimum Gasteiger partial charge on any atom is -0.339 e. The molecule has 0 radical (unpaired) electrons. The van der Waals surface area contributed by atoms with Crippen molar-refractivity contribution in [2.24, 2.45) is 17.1 Å². The quantitative estimate of drug-likeness (QED) is 0.794. The molecule has 0 spiro atoms. The van der Waals surface area contributed by atoms with Gasteiger partial charge in [0.15, 0.2) is 0 Å². The molecule has 2 atom stereocenters. The molecule has 92 valence electrons. The highest BCUT2D eigenvalue weighted by molar-refractivity contribution is 5.77. The van der Waals surface area contributed by atoms with Gasteiger partial charge in [-0.25, -0.2) is 0 Å². The fourth-order valence-electron chi connectivity index (χ4n) is 3.50. The lowest BCUT2D eigenvalue weighted by molar-refractivity contribution is -0.133. The van der Waals surface area contributed by atoms with Gasteiger partial charge in [0.2, 0.25) is 5.91 Å². The molecule has 2 rings (SSSR count). The lowest BCUT2D eigenvalue weighted by Gasteiger charge is -2.31. The van der Waals surface area contributed by atoms with Gasteiger partial charge in [-0.3, -0.25) is 4.79 Å². The molecule has 1 saturated carbocycles. The van der Waals surface area contributed by atoms with Crippen LogP contribution < -0.4 is 5.73 Å². The van der Waals surface area contributed by atoms with E-state index in [2.05, 4.69) is 18.7 Å². The maximum Gasteiger partial charge on any atom is 0.223 e. The summed E-state index contributed by atoms with van der Waals surface area (Å²) >= 11 is 0. The van der Waals surface area contributed by atoms with Crippen LogP contribution in [0.3, 0.4) is 0 Å². The van der Waals surface area contributed by atoms with E-state index >= 15 is 0 Å². The maximum absolute atomic E-state index is 12.1. The van der Waals surface area contributed by atoms with Gasteiger partial charge >= 0.3 is 0 Å². The second-order valence-corrected chi connectivity index (χ2v) is 5.91. The lowest BCUT2D eigenvalue weighted by atomic mass is 9.82. The van der Waals surface area contributed by atoms with E-state index in [1.54, 1.807) is 0 Å². The second-order valence-electron chi connectivity index (χ2n) is 5.91. The van der Waals surface area contributed by atoms with Crippen molar-refractivity contribution < 1.29 is 4.79 Å². The van der Waals surface area contributed by atoms with Crippen LogP contribution in [-0.2, 0) is 4.79 Å². The van der Waals surface area contributed by atoms with E-state index in [0.717, 1.165) is 19.5 Å². The predicted molar refractivity (Wildman–Crippen MR) is 64.9 cm³/mol. The molecule has 2 aliphatic rings. The number of amides is 1. The van der Waals surface area contributed by atoms with Crippen molar-refractivity contribution in [2.45, 2.75) is 52.0 Å². The molecule has 0 aromatic heterocycles. The highest BCUT2D eigenvalue weighted by atomic mass is 16.2. The third kappa shape index (κ3) is 1.86. The molecule has 3 heteroatoms. The van der Waals surface area contributed by atoms with Crippen LogP contribution in [0.15, 0.2) is 0 Å². The van der Waals surface area contributed by atoms with E-state index < -0.39 is 0 Å². The smallest absolute Gasteiger partial charge is 0.223 e. The molecule has 1 amide bonds. The van der Waals surface area contributed by atoms with E-state index in [1.165, 1.54) is 19.3 Å². The van der Waals surface area contributed by atoms with Crippen molar-refractivity contribution in [1.82, 2.24) is 4.90 Å². The average molecular weight is 224 g/mol. The Labute approximate surface area is 98.4 Å². The zero-order valence-electron chi connectivity index (χ0n) is 10.5. The van der Waals surface area contributed by atoms with E-state index in [-0.39, 0.29) is 5.41 Å². The van der Waals surface area contributed by atoms with Crippen molar-refractivity contribution in [1.29, 1.82) is 0 Å². The molecule has 0 aromatic carbocycles. The summed E-state index contributed by atoms with van der Waals surface area (Å²) in [6.07, 6.45) is 5.45. The molecule has 0 bridgehead atoms. The Bertz CT molecular complexity index is 277. The summed E-state index contributed by atoms with van der Waals surface area (Å²) in [4.78, 5) is 14.3. The van der Waals surface area contributed by atoms with Crippen LogP contribution in [0.4, 0.5) is 0 Å². The van der Waals surface area contributed by atoms with Crippen molar-refractivity contribution in [3.8, 4) is 0 Å². The van der Waals surface area contributed by atoms with Gasteiger partial charge in [-0.05, 0) is 31.7 Å². The summed E-state index contributed by atoms with van der Waals surface area (Å²) < 4.78 is 0. The topological polar surface area (TPSA) is 46.3 Å². The molecule has 1 heterocycles. The Morgan fingerprint density at radius 1 is 1.50 bits per heavy atom. The van der Waals surface area contributed by atoms with Crippen molar-refractivity contribution in [3.63, 3.8) is 0 Å². The van der Waals surface area contributed by atoms with Gasteiger partial charge in [-0.1, -0.05) is 20.3 Å². The van der Waals surface area contributed by atoms with Crippen LogP contribution in [0.1, 0.15) is 46.0 Å². The Morgan fingerprint density at radius 2 is 2.25 bits per heavy atom. The normalized spacial score (nSPS) is 33.5. The minimum absolute atomic E-state index is 0.270. The van der Waals surface area contributed by atoms with E-state index in [0.29, 0.717) is 24.3 Å². The average Bonchev–Trinajstić information content (AvgIpc) is 2.73. The third-order valence-corrected chi connectivity index (χ3v) is 4.40. The first-order valence-corrected chi connectivity index (χ1v) is 6.58. The largest absolute Gasteiger partial charge is 0.339 e. The number of nitrogens with zero attached hydrogens (tertiary/aromatic N) is 1. The van der Waals surface area contributed by atoms with Crippen molar-refractivity contribution in [2.75, 3.05) is 13.1 Å². The fraction of sp³-hybridized carbons (Fsp3) is 0.923. The van der Waals surface area contributed by atoms with Gasteiger partial charge in [0.1, 0.15) is 0 Å². The monoisotopic (exact) mass is 224 g/mol. The highest BCUT2D eigenvalue weighted by Gasteiger charge is 2.50. The van der Waals surface area contributed by atoms with Gasteiger partial charge in [0, 0.05) is 24.4 Å². The highest BCUT2D eigenvalue weighted by Crippen LogP contribution is 2.48. The first-order valence-electron chi connectivity index (χ1n) is 6.58. The summed E-state index contributed by atoms with van der Waals surface area (Å²) in [6, 6.07) is 0.448. The van der Waals surface area contributed by atoms with Crippen LogP contribution in [0.2, 0.25) is 0 Å². The van der Waals surface area contributed by atoms with E-state index in [4.69, 9.17) is 5.73 Å². The maximum atomic E-state index is 12.1. The third-order valence-electron chi connectivity index (χ3n) is 4.40. The van der Waals surface area contributed by atoms with Gasteiger partial charge < -0.3 is 10.6 Å². The Kier molecular flexibility index (Phi) is 3.24. The minimum atomic E-state index is 0.270. The van der Waals surface area contributed by atoms with Crippen LogP contribution in [0, 0.1) is 11.3 Å².